The Bertz CT molecular complexity index is 1580. The van der Waals surface area contributed by atoms with Gasteiger partial charge < -0.3 is 31.9 Å². The second-order valence-corrected chi connectivity index (χ2v) is 13.2. The van der Waals surface area contributed by atoms with Crippen LogP contribution in [0, 0.1) is 0 Å². The predicted molar refractivity (Wildman–Crippen MR) is 183 cm³/mol. The molecule has 2 atom stereocenters. The van der Waals surface area contributed by atoms with E-state index in [0.717, 1.165) is 56.7 Å². The maximum absolute atomic E-state index is 10.7. The maximum atomic E-state index is 9.87. The molecule has 2 saturated heterocycles. The molecule has 2 aromatic carbocycles. The van der Waals surface area contributed by atoms with Crippen LogP contribution in [0.25, 0.3) is 56.2 Å². The van der Waals surface area contributed by atoms with Crippen LogP contribution in [0.4, 0.5) is 47.9 Å². The maximum Gasteiger partial charge on any atom is 8.00 e. The summed E-state index contributed by atoms with van der Waals surface area (Å²) in [5.41, 5.74) is 3.91. The van der Waals surface area contributed by atoms with Crippen molar-refractivity contribution in [3.05, 3.63) is 126 Å². The van der Waals surface area contributed by atoms with Crippen molar-refractivity contribution in [2.45, 2.75) is 50.6 Å². The number of benzene rings is 2. The van der Waals surface area contributed by atoms with E-state index in [2.05, 4.69) is 80.5 Å². The van der Waals surface area contributed by atoms with E-state index >= 15 is 0 Å². The summed E-state index contributed by atoms with van der Waals surface area (Å²) >= 11 is 0. The Balaban J connectivity index is 0.000000148. The fraction of sp³-hybridized carbons (Fsp3) is 0.294. The van der Waals surface area contributed by atoms with Crippen molar-refractivity contribution < 1.29 is 44.7 Å². The summed E-state index contributed by atoms with van der Waals surface area (Å²) in [7, 11) is -10.7. The molecule has 6 aliphatic rings. The van der Waals surface area contributed by atoms with Gasteiger partial charge in [-0.05, 0) is 20.9 Å². The molecule has 2 fully saturated rings. The molecule has 48 heavy (non-hydrogen) atoms. The zero-order valence-corrected chi connectivity index (χ0v) is 28.4. The molecule has 8 rings (SSSR count). The molecule has 0 radical (unpaired) electrons. The van der Waals surface area contributed by atoms with Gasteiger partial charge in [-0.25, -0.2) is 0 Å². The van der Waals surface area contributed by atoms with Crippen molar-refractivity contribution in [2.24, 2.45) is 0 Å². The van der Waals surface area contributed by atoms with Gasteiger partial charge in [0.1, 0.15) is 0 Å². The predicted octanol–water partition coefficient (Wildman–Crippen LogP) is 10.8. The van der Waals surface area contributed by atoms with Gasteiger partial charge in [-0.1, -0.05) is 111 Å². The SMILES string of the molecule is C1=C[N-]c2c3c(ccc2=C1)=CC=C[N-]3.C1=C[N-]c2c3c(ccc2=C1)=CC=C[N-]3.C1CCC(C2CCCC[N-]2)[N-]C1.F[P-](F)(F)(F)(F)F.[Ru+8]. The van der Waals surface area contributed by atoms with E-state index in [4.69, 9.17) is 0 Å². The molecule has 0 aliphatic carbocycles. The second kappa shape index (κ2) is 15.5. The third-order valence-electron chi connectivity index (χ3n) is 7.68. The van der Waals surface area contributed by atoms with Gasteiger partial charge in [0, 0.05) is 0 Å². The molecule has 2 unspecified atom stereocenters. The number of hydrogen-bond donors (Lipinski definition) is 0. The Hall–Kier alpha value is -3.37. The molecule has 0 amide bonds. The van der Waals surface area contributed by atoms with E-state index in [0.29, 0.717) is 12.1 Å². The molecule has 0 N–H and O–H groups in total. The molecular formula is C34H34F6N6PRu+. The standard InChI is InChI=1S/2C12H8N2.C10H18N2.F6P.Ru/c2*1-3-9-5-6-10-4-2-8-14-12(10)11(9)13-7-1;1-3-7-11-9(5-1)10-6-2-4-8-12-10;1-7(2,3,4,5)6;/h2*1-8H;9-10H,1-8H2;;/q3*-2;-1;+8. The summed E-state index contributed by atoms with van der Waals surface area (Å²) in [4.78, 5) is 0. The van der Waals surface area contributed by atoms with Crippen molar-refractivity contribution in [2.75, 3.05) is 13.1 Å². The first-order valence-electron chi connectivity index (χ1n) is 15.4. The topological polar surface area (TPSA) is 84.6 Å². The number of nitrogens with zero attached hydrogens (tertiary/aromatic N) is 6. The van der Waals surface area contributed by atoms with Gasteiger partial charge in [0.2, 0.25) is 0 Å². The zero-order valence-electron chi connectivity index (χ0n) is 25.8. The third-order valence-corrected chi connectivity index (χ3v) is 7.68. The molecule has 254 valence electrons. The van der Waals surface area contributed by atoms with Crippen molar-refractivity contribution in [3.8, 4) is 0 Å². The number of halogens is 6. The third kappa shape index (κ3) is 12.0. The number of fused-ring (bicyclic) bond motifs is 6. The number of rotatable bonds is 1. The van der Waals surface area contributed by atoms with Crippen LogP contribution in [0.3, 0.4) is 0 Å². The number of hydrogen-bond acceptors (Lipinski definition) is 0. The Morgan fingerprint density at radius 3 is 0.958 bits per heavy atom. The van der Waals surface area contributed by atoms with E-state index in [1.807, 2.05) is 24.3 Å². The average molecular weight is 773 g/mol. The van der Waals surface area contributed by atoms with Gasteiger partial charge >= 0.3 is 52.5 Å². The Morgan fingerprint density at radius 1 is 0.458 bits per heavy atom. The molecule has 2 aromatic rings. The van der Waals surface area contributed by atoms with Gasteiger partial charge in [0.15, 0.2) is 0 Å². The van der Waals surface area contributed by atoms with Crippen LogP contribution in [0.15, 0.2) is 73.4 Å². The first-order chi connectivity index (χ1) is 22.3. The van der Waals surface area contributed by atoms with Crippen molar-refractivity contribution in [1.29, 1.82) is 0 Å². The normalized spacial score (nSPS) is 21.9. The van der Waals surface area contributed by atoms with Gasteiger partial charge in [-0.2, -0.15) is 36.9 Å². The number of allylic oxidation sites excluding steroid dienone is 4. The van der Waals surface area contributed by atoms with Crippen LogP contribution >= 0.6 is 7.81 Å². The van der Waals surface area contributed by atoms with Crippen molar-refractivity contribution >= 4 is 54.9 Å². The minimum Gasteiger partial charge on any atom is 8.00 e. The fourth-order valence-electron chi connectivity index (χ4n) is 5.61. The Morgan fingerprint density at radius 2 is 0.729 bits per heavy atom. The number of piperidine rings is 2. The molecule has 6 nitrogen and oxygen atoms in total. The Kier molecular flexibility index (Phi) is 12.1. The molecule has 6 heterocycles. The monoisotopic (exact) mass is 773 g/mol. The molecular weight excluding hydrogens is 738 g/mol. The summed E-state index contributed by atoms with van der Waals surface area (Å²) in [6.07, 6.45) is 31.2. The largest absolute Gasteiger partial charge is 8.00 e. The zero-order chi connectivity index (χ0) is 33.4. The smallest absolute Gasteiger partial charge is 8.00 e. The van der Waals surface area contributed by atoms with Crippen LogP contribution in [-0.2, 0) is 19.5 Å². The molecule has 6 aliphatic heterocycles. The van der Waals surface area contributed by atoms with Crippen molar-refractivity contribution in [3.63, 3.8) is 0 Å². The van der Waals surface area contributed by atoms with Crippen LogP contribution < -0.4 is 20.9 Å². The summed E-state index contributed by atoms with van der Waals surface area (Å²) in [5.74, 6) is 0. The van der Waals surface area contributed by atoms with Crippen LogP contribution in [0.1, 0.15) is 38.5 Å². The fourth-order valence-corrected chi connectivity index (χ4v) is 5.61. The van der Waals surface area contributed by atoms with Gasteiger partial charge in [-0.15, -0.1) is 35.8 Å². The molecule has 0 bridgehead atoms. The molecule has 14 heteroatoms. The van der Waals surface area contributed by atoms with Crippen LogP contribution in [0.5, 0.6) is 0 Å². The van der Waals surface area contributed by atoms with Crippen LogP contribution in [0.2, 0.25) is 0 Å². The summed E-state index contributed by atoms with van der Waals surface area (Å²) < 4.78 is 59.2. The minimum absolute atomic E-state index is 0. The first-order valence-corrected chi connectivity index (χ1v) is 17.4. The first kappa shape index (κ1) is 37.5. The summed E-state index contributed by atoms with van der Waals surface area (Å²) in [6.45, 7) is 2.19. The van der Waals surface area contributed by atoms with Gasteiger partial charge in [0.25, 0.3) is 0 Å². The van der Waals surface area contributed by atoms with Crippen LogP contribution in [-0.4, -0.2) is 25.2 Å². The Labute approximate surface area is 288 Å². The molecule has 0 saturated carbocycles. The van der Waals surface area contributed by atoms with E-state index in [-0.39, 0.29) is 19.5 Å². The summed E-state index contributed by atoms with van der Waals surface area (Å²) in [6, 6.07) is 9.50. The van der Waals surface area contributed by atoms with E-state index in [1.54, 1.807) is 24.8 Å². The van der Waals surface area contributed by atoms with Gasteiger partial charge in [0.05, 0.1) is 0 Å². The minimum atomic E-state index is -10.7. The molecule has 0 aromatic heterocycles. The van der Waals surface area contributed by atoms with E-state index in [9.17, 15) is 25.2 Å². The second-order valence-electron chi connectivity index (χ2n) is 11.3. The van der Waals surface area contributed by atoms with Gasteiger partial charge in [-0.3, -0.25) is 0 Å². The van der Waals surface area contributed by atoms with E-state index < -0.39 is 7.81 Å². The average Bonchev–Trinajstić information content (AvgIpc) is 3.08. The molecule has 0 spiro atoms. The summed E-state index contributed by atoms with van der Waals surface area (Å²) in [5, 5.41) is 31.3. The quantitative estimate of drug-likeness (QED) is 0.157. The van der Waals surface area contributed by atoms with E-state index in [1.165, 1.54) is 38.5 Å². The van der Waals surface area contributed by atoms with Crippen molar-refractivity contribution in [1.82, 2.24) is 0 Å².